The van der Waals surface area contributed by atoms with E-state index in [9.17, 15) is 0 Å². The van der Waals surface area contributed by atoms with Gasteiger partial charge in [0.05, 0.1) is 0 Å². The van der Waals surface area contributed by atoms with E-state index in [0.29, 0.717) is 5.25 Å². The molecule has 0 amide bonds. The summed E-state index contributed by atoms with van der Waals surface area (Å²) in [6, 6.07) is 6.78. The lowest BCUT2D eigenvalue weighted by atomic mass is 9.97. The number of benzene rings is 1. The minimum absolute atomic E-state index is 0.659. The van der Waals surface area contributed by atoms with Gasteiger partial charge < -0.3 is 0 Å². The van der Waals surface area contributed by atoms with Crippen molar-refractivity contribution in [1.29, 1.82) is 0 Å². The lowest BCUT2D eigenvalue weighted by molar-refractivity contribution is 1.10. The third kappa shape index (κ3) is 2.21. The minimum atomic E-state index is 0.659. The van der Waals surface area contributed by atoms with E-state index in [1.807, 2.05) is 11.8 Å². The molecule has 1 radical (unpaired) electrons. The molecule has 1 heteroatoms. The van der Waals surface area contributed by atoms with Gasteiger partial charge in [-0.15, -0.1) is 11.8 Å². The molecule has 0 spiro atoms. The van der Waals surface area contributed by atoms with Gasteiger partial charge in [-0.25, -0.2) is 0 Å². The standard InChI is InChI=1S/C13H15S/c1-10(2)14-13-8-7-11-5-3-4-6-12(11)9-13/h3-4,6-10H,5H2,1-2H3. The summed E-state index contributed by atoms with van der Waals surface area (Å²) >= 11 is 1.93. The van der Waals surface area contributed by atoms with Gasteiger partial charge >= 0.3 is 0 Å². The van der Waals surface area contributed by atoms with Crippen LogP contribution in [0.3, 0.4) is 0 Å². The second-order valence-corrected chi connectivity index (χ2v) is 5.48. The molecular formula is C13H15S. The molecule has 2 rings (SSSR count). The lowest BCUT2D eigenvalue weighted by Crippen LogP contribution is -1.96. The van der Waals surface area contributed by atoms with E-state index < -0.39 is 0 Å². The third-order valence-corrected chi connectivity index (χ3v) is 3.24. The van der Waals surface area contributed by atoms with Crippen molar-refractivity contribution in [2.75, 3.05) is 0 Å². The number of allylic oxidation sites excluding steroid dienone is 2. The van der Waals surface area contributed by atoms with Crippen molar-refractivity contribution < 1.29 is 0 Å². The predicted molar refractivity (Wildman–Crippen MR) is 63.7 cm³/mol. The van der Waals surface area contributed by atoms with Crippen LogP contribution in [-0.4, -0.2) is 5.25 Å². The van der Waals surface area contributed by atoms with Crippen LogP contribution < -0.4 is 0 Å². The number of hydrogen-bond acceptors (Lipinski definition) is 1. The zero-order valence-corrected chi connectivity index (χ0v) is 9.47. The molecule has 1 aliphatic rings. The Morgan fingerprint density at radius 3 is 2.93 bits per heavy atom. The number of rotatable bonds is 2. The maximum atomic E-state index is 2.30. The van der Waals surface area contributed by atoms with Gasteiger partial charge in [0.25, 0.3) is 0 Å². The molecule has 0 fully saturated rings. The van der Waals surface area contributed by atoms with Crippen LogP contribution in [-0.2, 0) is 6.42 Å². The van der Waals surface area contributed by atoms with Crippen LogP contribution in [0.25, 0.3) is 0 Å². The zero-order valence-electron chi connectivity index (χ0n) is 8.66. The summed E-state index contributed by atoms with van der Waals surface area (Å²) in [6.07, 6.45) is 7.63. The Kier molecular flexibility index (Phi) is 2.97. The lowest BCUT2D eigenvalue weighted by Gasteiger charge is -2.13. The van der Waals surface area contributed by atoms with Gasteiger partial charge in [0.15, 0.2) is 0 Å². The highest BCUT2D eigenvalue weighted by molar-refractivity contribution is 7.99. The molecule has 0 heterocycles. The van der Waals surface area contributed by atoms with Crippen LogP contribution in [0.1, 0.15) is 25.0 Å². The average Bonchev–Trinajstić information content (AvgIpc) is 2.17. The SMILES string of the molecule is CC(C)Sc1ccc2c(c1)[CH]C=CC2. The fourth-order valence-electron chi connectivity index (χ4n) is 1.63. The van der Waals surface area contributed by atoms with Gasteiger partial charge in [-0.05, 0) is 29.7 Å². The first-order valence-electron chi connectivity index (χ1n) is 5.05. The van der Waals surface area contributed by atoms with Gasteiger partial charge in [0.1, 0.15) is 0 Å². The van der Waals surface area contributed by atoms with Gasteiger partial charge in [0, 0.05) is 16.6 Å². The van der Waals surface area contributed by atoms with Crippen molar-refractivity contribution in [2.45, 2.75) is 30.4 Å². The second kappa shape index (κ2) is 4.22. The molecule has 0 N–H and O–H groups in total. The quantitative estimate of drug-likeness (QED) is 0.658. The van der Waals surface area contributed by atoms with E-state index in [2.05, 4.69) is 50.6 Å². The largest absolute Gasteiger partial charge is 0.123 e. The first-order chi connectivity index (χ1) is 6.75. The van der Waals surface area contributed by atoms with Gasteiger partial charge in [0.2, 0.25) is 0 Å². The third-order valence-electron chi connectivity index (χ3n) is 2.24. The van der Waals surface area contributed by atoms with Crippen molar-refractivity contribution in [3.63, 3.8) is 0 Å². The van der Waals surface area contributed by atoms with Gasteiger partial charge in [-0.2, -0.15) is 0 Å². The Balaban J connectivity index is 2.23. The highest BCUT2D eigenvalue weighted by atomic mass is 32.2. The number of hydrogen-bond donors (Lipinski definition) is 0. The molecular weight excluding hydrogens is 188 g/mol. The van der Waals surface area contributed by atoms with Crippen LogP contribution in [0.4, 0.5) is 0 Å². The highest BCUT2D eigenvalue weighted by Gasteiger charge is 2.06. The number of fused-ring (bicyclic) bond motifs is 1. The second-order valence-electron chi connectivity index (χ2n) is 3.83. The molecule has 0 aromatic heterocycles. The smallest absolute Gasteiger partial charge is 0.0125 e. The van der Waals surface area contributed by atoms with Crippen LogP contribution in [0, 0.1) is 6.42 Å². The average molecular weight is 203 g/mol. The maximum absolute atomic E-state index is 2.30. The van der Waals surface area contributed by atoms with E-state index in [-0.39, 0.29) is 0 Å². The highest BCUT2D eigenvalue weighted by Crippen LogP contribution is 2.27. The van der Waals surface area contributed by atoms with E-state index in [4.69, 9.17) is 0 Å². The molecule has 0 aliphatic heterocycles. The Bertz CT molecular complexity index is 350. The Morgan fingerprint density at radius 2 is 2.14 bits per heavy atom. The fraction of sp³-hybridized carbons (Fsp3) is 0.308. The maximum Gasteiger partial charge on any atom is 0.0125 e. The summed E-state index contributed by atoms with van der Waals surface area (Å²) in [5.41, 5.74) is 2.83. The fourth-order valence-corrected chi connectivity index (χ4v) is 2.51. The monoisotopic (exact) mass is 203 g/mol. The van der Waals surface area contributed by atoms with Crippen molar-refractivity contribution in [3.8, 4) is 0 Å². The number of thioether (sulfide) groups is 1. The Hall–Kier alpha value is -0.690. The topological polar surface area (TPSA) is 0 Å². The summed E-state index contributed by atoms with van der Waals surface area (Å²) < 4.78 is 0. The summed E-state index contributed by atoms with van der Waals surface area (Å²) in [5.74, 6) is 0. The molecule has 1 aliphatic carbocycles. The summed E-state index contributed by atoms with van der Waals surface area (Å²) in [4.78, 5) is 1.38. The minimum Gasteiger partial charge on any atom is -0.123 e. The van der Waals surface area contributed by atoms with Crippen LogP contribution in [0.15, 0.2) is 35.2 Å². The van der Waals surface area contributed by atoms with Crippen LogP contribution in [0.5, 0.6) is 0 Å². The summed E-state index contributed by atoms with van der Waals surface area (Å²) in [6.45, 7) is 4.46. The normalized spacial score (nSPS) is 14.5. The van der Waals surface area contributed by atoms with Gasteiger partial charge in [-0.3, -0.25) is 0 Å². The predicted octanol–water partition coefficient (Wildman–Crippen LogP) is 3.85. The molecule has 0 saturated carbocycles. The van der Waals surface area contributed by atoms with Crippen molar-refractivity contribution >= 4 is 11.8 Å². The van der Waals surface area contributed by atoms with E-state index in [1.165, 1.54) is 16.0 Å². The molecule has 14 heavy (non-hydrogen) atoms. The zero-order chi connectivity index (χ0) is 9.97. The molecule has 1 aromatic rings. The van der Waals surface area contributed by atoms with Crippen molar-refractivity contribution in [2.24, 2.45) is 0 Å². The molecule has 1 aromatic carbocycles. The van der Waals surface area contributed by atoms with E-state index in [1.54, 1.807) is 0 Å². The van der Waals surface area contributed by atoms with E-state index >= 15 is 0 Å². The molecule has 73 valence electrons. The summed E-state index contributed by atoms with van der Waals surface area (Å²) in [7, 11) is 0. The molecule has 0 bridgehead atoms. The van der Waals surface area contributed by atoms with Gasteiger partial charge in [-0.1, -0.05) is 32.1 Å². The molecule has 0 unspecified atom stereocenters. The Labute approximate surface area is 90.4 Å². The van der Waals surface area contributed by atoms with E-state index in [0.717, 1.165) is 6.42 Å². The van der Waals surface area contributed by atoms with Crippen LogP contribution >= 0.6 is 11.8 Å². The first kappa shape index (κ1) is 9.85. The van der Waals surface area contributed by atoms with Crippen LogP contribution in [0.2, 0.25) is 0 Å². The summed E-state index contributed by atoms with van der Waals surface area (Å²) in [5, 5.41) is 0.659. The first-order valence-corrected chi connectivity index (χ1v) is 5.93. The molecule has 0 atom stereocenters. The molecule has 0 saturated heterocycles. The molecule has 0 nitrogen and oxygen atoms in total. The van der Waals surface area contributed by atoms with Crippen molar-refractivity contribution in [1.82, 2.24) is 0 Å². The van der Waals surface area contributed by atoms with Crippen molar-refractivity contribution in [3.05, 3.63) is 47.9 Å². The Morgan fingerprint density at radius 1 is 1.29 bits per heavy atom.